The monoisotopic (exact) mass is 283 g/mol. The Bertz CT molecular complexity index is 549. The Morgan fingerprint density at radius 2 is 1.72 bits per heavy atom. The first kappa shape index (κ1) is 13.2. The molecule has 94 valence electrons. The summed E-state index contributed by atoms with van der Waals surface area (Å²) in [5.41, 5.74) is 2.46. The molecular weight excluding hydrogens is 272 g/mol. The van der Waals surface area contributed by atoms with Crippen molar-refractivity contribution in [2.24, 2.45) is 0 Å². The summed E-state index contributed by atoms with van der Waals surface area (Å²) in [6, 6.07) is 10.3. The number of nitrogens with one attached hydrogen (secondary N) is 1. The molecule has 0 radical (unpaired) electrons. The number of hydrogen-bond donors (Lipinski definition) is 1. The van der Waals surface area contributed by atoms with Crippen molar-refractivity contribution in [3.8, 4) is 0 Å². The molecule has 0 aromatic heterocycles. The van der Waals surface area contributed by atoms with Gasteiger partial charge < -0.3 is 5.32 Å². The molecule has 0 aliphatic heterocycles. The highest BCUT2D eigenvalue weighted by Crippen LogP contribution is 2.20. The van der Waals surface area contributed by atoms with Crippen molar-refractivity contribution in [2.75, 3.05) is 5.32 Å². The fourth-order valence-corrected chi connectivity index (χ4v) is 2.24. The van der Waals surface area contributed by atoms with E-state index < -0.39 is 0 Å². The molecule has 4 heteroatoms. The number of aryl methyl sites for hydroxylation is 1. The second kappa shape index (κ2) is 5.59. The number of hydrogen-bond acceptors (Lipinski definition) is 1. The van der Waals surface area contributed by atoms with Gasteiger partial charge in [-0.25, -0.2) is 4.39 Å². The first-order valence-electron chi connectivity index (χ1n) is 5.49. The summed E-state index contributed by atoms with van der Waals surface area (Å²) in [6.45, 7) is 2.32. The minimum absolute atomic E-state index is 0.202. The Morgan fingerprint density at radius 3 is 2.33 bits per heavy atom. The van der Waals surface area contributed by atoms with Crippen LogP contribution in [0.4, 0.5) is 10.1 Å². The van der Waals surface area contributed by atoms with Crippen LogP contribution in [0.15, 0.2) is 36.4 Å². The molecule has 2 aromatic rings. The Balaban J connectivity index is 2.08. The molecule has 1 N–H and O–H groups in total. The first-order valence-corrected chi connectivity index (χ1v) is 6.25. The zero-order chi connectivity index (χ0) is 13.1. The van der Waals surface area contributed by atoms with Crippen molar-refractivity contribution in [1.29, 1.82) is 0 Å². The fraction of sp³-hybridized carbons (Fsp3) is 0.143. The van der Waals surface area contributed by atoms with Crippen LogP contribution < -0.4 is 5.32 Å². The molecule has 0 atom stereocenters. The highest BCUT2D eigenvalue weighted by molar-refractivity contribution is 6.34. The van der Waals surface area contributed by atoms with Crippen molar-refractivity contribution in [3.63, 3.8) is 0 Å². The number of halogens is 3. The minimum Gasteiger partial charge on any atom is -0.381 e. The van der Waals surface area contributed by atoms with Crippen LogP contribution in [0.2, 0.25) is 10.0 Å². The SMILES string of the molecule is Cc1cc(NCc2cc(Cl)cc(Cl)c2)ccc1F. The van der Waals surface area contributed by atoms with Gasteiger partial charge in [-0.2, -0.15) is 0 Å². The largest absolute Gasteiger partial charge is 0.381 e. The van der Waals surface area contributed by atoms with Crippen molar-refractivity contribution < 1.29 is 4.39 Å². The molecule has 0 aliphatic carbocycles. The molecule has 0 heterocycles. The topological polar surface area (TPSA) is 12.0 Å². The molecule has 0 saturated carbocycles. The summed E-state index contributed by atoms with van der Waals surface area (Å²) >= 11 is 11.8. The van der Waals surface area contributed by atoms with Crippen LogP contribution in [0, 0.1) is 12.7 Å². The summed E-state index contributed by atoms with van der Waals surface area (Å²) in [6.07, 6.45) is 0. The van der Waals surface area contributed by atoms with Gasteiger partial charge in [-0.1, -0.05) is 23.2 Å². The third-order valence-corrected chi connectivity index (χ3v) is 3.01. The van der Waals surface area contributed by atoms with E-state index in [-0.39, 0.29) is 5.82 Å². The number of rotatable bonds is 3. The predicted molar refractivity (Wildman–Crippen MR) is 74.9 cm³/mol. The van der Waals surface area contributed by atoms with Gasteiger partial charge in [0.25, 0.3) is 0 Å². The third-order valence-electron chi connectivity index (χ3n) is 2.58. The molecule has 0 fully saturated rings. The Hall–Kier alpha value is -1.25. The maximum Gasteiger partial charge on any atom is 0.126 e. The van der Waals surface area contributed by atoms with Crippen LogP contribution in [-0.4, -0.2) is 0 Å². The zero-order valence-corrected chi connectivity index (χ0v) is 11.3. The summed E-state index contributed by atoms with van der Waals surface area (Å²) in [5, 5.41) is 4.41. The normalized spacial score (nSPS) is 10.4. The molecule has 18 heavy (non-hydrogen) atoms. The van der Waals surface area contributed by atoms with Crippen LogP contribution in [0.25, 0.3) is 0 Å². The summed E-state index contributed by atoms with van der Waals surface area (Å²) < 4.78 is 13.1. The van der Waals surface area contributed by atoms with E-state index in [1.165, 1.54) is 6.07 Å². The zero-order valence-electron chi connectivity index (χ0n) is 9.81. The van der Waals surface area contributed by atoms with Crippen LogP contribution in [-0.2, 0) is 6.54 Å². The molecule has 0 bridgehead atoms. The summed E-state index contributed by atoms with van der Waals surface area (Å²) in [5.74, 6) is -0.202. The molecule has 0 spiro atoms. The fourth-order valence-electron chi connectivity index (χ4n) is 1.67. The van der Waals surface area contributed by atoms with Crippen LogP contribution in [0.3, 0.4) is 0 Å². The summed E-state index contributed by atoms with van der Waals surface area (Å²) in [7, 11) is 0. The lowest BCUT2D eigenvalue weighted by molar-refractivity contribution is 0.618. The van der Waals surface area contributed by atoms with Gasteiger partial charge in [-0.05, 0) is 54.4 Å². The highest BCUT2D eigenvalue weighted by Gasteiger charge is 2.01. The van der Waals surface area contributed by atoms with Gasteiger partial charge in [-0.15, -0.1) is 0 Å². The van der Waals surface area contributed by atoms with E-state index in [0.29, 0.717) is 22.2 Å². The Labute approximate surface area is 116 Å². The Kier molecular flexibility index (Phi) is 4.10. The average Bonchev–Trinajstić information content (AvgIpc) is 2.29. The quantitative estimate of drug-likeness (QED) is 0.831. The lowest BCUT2D eigenvalue weighted by Gasteiger charge is -2.08. The second-order valence-corrected chi connectivity index (χ2v) is 4.97. The summed E-state index contributed by atoms with van der Waals surface area (Å²) in [4.78, 5) is 0. The standard InChI is InChI=1S/C14H12Cl2FN/c1-9-4-13(2-3-14(9)17)18-8-10-5-11(15)7-12(16)6-10/h2-7,18H,8H2,1H3. The highest BCUT2D eigenvalue weighted by atomic mass is 35.5. The lowest BCUT2D eigenvalue weighted by Crippen LogP contribution is -2.00. The second-order valence-electron chi connectivity index (χ2n) is 4.10. The van der Waals surface area contributed by atoms with Gasteiger partial charge in [0.15, 0.2) is 0 Å². The van der Waals surface area contributed by atoms with Crippen molar-refractivity contribution in [3.05, 3.63) is 63.4 Å². The molecule has 0 amide bonds. The van der Waals surface area contributed by atoms with Crippen LogP contribution in [0.5, 0.6) is 0 Å². The van der Waals surface area contributed by atoms with E-state index in [0.717, 1.165) is 11.3 Å². The van der Waals surface area contributed by atoms with E-state index in [2.05, 4.69) is 5.32 Å². The van der Waals surface area contributed by atoms with Gasteiger partial charge in [0, 0.05) is 22.3 Å². The predicted octanol–water partition coefficient (Wildman–Crippen LogP) is 5.05. The molecule has 0 aliphatic rings. The van der Waals surface area contributed by atoms with Crippen LogP contribution >= 0.6 is 23.2 Å². The van der Waals surface area contributed by atoms with Gasteiger partial charge >= 0.3 is 0 Å². The maximum atomic E-state index is 13.1. The van der Waals surface area contributed by atoms with E-state index in [1.54, 1.807) is 25.1 Å². The van der Waals surface area contributed by atoms with Gasteiger partial charge in [0.1, 0.15) is 5.82 Å². The van der Waals surface area contributed by atoms with E-state index in [4.69, 9.17) is 23.2 Å². The first-order chi connectivity index (χ1) is 8.54. The van der Waals surface area contributed by atoms with Gasteiger partial charge in [-0.3, -0.25) is 0 Å². The number of benzene rings is 2. The average molecular weight is 284 g/mol. The molecular formula is C14H12Cl2FN. The van der Waals surface area contributed by atoms with E-state index in [9.17, 15) is 4.39 Å². The Morgan fingerprint density at radius 1 is 1.06 bits per heavy atom. The van der Waals surface area contributed by atoms with E-state index in [1.807, 2.05) is 12.1 Å². The van der Waals surface area contributed by atoms with Gasteiger partial charge in [0.2, 0.25) is 0 Å². The number of anilines is 1. The lowest BCUT2D eigenvalue weighted by atomic mass is 10.2. The molecule has 2 aromatic carbocycles. The van der Waals surface area contributed by atoms with Crippen molar-refractivity contribution in [2.45, 2.75) is 13.5 Å². The van der Waals surface area contributed by atoms with Crippen molar-refractivity contribution in [1.82, 2.24) is 0 Å². The smallest absolute Gasteiger partial charge is 0.126 e. The molecule has 0 saturated heterocycles. The molecule has 1 nitrogen and oxygen atoms in total. The van der Waals surface area contributed by atoms with Crippen LogP contribution in [0.1, 0.15) is 11.1 Å². The van der Waals surface area contributed by atoms with Gasteiger partial charge in [0.05, 0.1) is 0 Å². The van der Waals surface area contributed by atoms with Crippen molar-refractivity contribution >= 4 is 28.9 Å². The third kappa shape index (κ3) is 3.37. The molecule has 2 rings (SSSR count). The maximum absolute atomic E-state index is 13.1. The van der Waals surface area contributed by atoms with E-state index >= 15 is 0 Å². The minimum atomic E-state index is -0.202. The molecule has 0 unspecified atom stereocenters.